The third kappa shape index (κ3) is 2.76. The SMILES string of the molecule is Cc1ccc(C)c(CC(N)c2ccc3[nH]c(=O)[nH]c3c2)c1. The van der Waals surface area contributed by atoms with Crippen molar-refractivity contribution in [1.29, 1.82) is 0 Å². The van der Waals surface area contributed by atoms with Gasteiger partial charge >= 0.3 is 5.69 Å². The Kier molecular flexibility index (Phi) is 3.39. The largest absolute Gasteiger partial charge is 0.324 e. The number of rotatable bonds is 3. The third-order valence-electron chi connectivity index (χ3n) is 3.91. The Morgan fingerprint density at radius 1 is 1.05 bits per heavy atom. The molecule has 0 radical (unpaired) electrons. The molecular weight excluding hydrogens is 262 g/mol. The van der Waals surface area contributed by atoms with Gasteiger partial charge in [0, 0.05) is 6.04 Å². The summed E-state index contributed by atoms with van der Waals surface area (Å²) in [6.07, 6.45) is 0.785. The maximum Gasteiger partial charge on any atom is 0.323 e. The lowest BCUT2D eigenvalue weighted by molar-refractivity contribution is 0.719. The highest BCUT2D eigenvalue weighted by atomic mass is 16.1. The van der Waals surface area contributed by atoms with E-state index in [0.717, 1.165) is 23.0 Å². The van der Waals surface area contributed by atoms with Crippen molar-refractivity contribution >= 4 is 11.0 Å². The number of fused-ring (bicyclic) bond motifs is 1. The van der Waals surface area contributed by atoms with E-state index in [1.807, 2.05) is 18.2 Å². The molecule has 4 nitrogen and oxygen atoms in total. The van der Waals surface area contributed by atoms with Gasteiger partial charge in [-0.05, 0) is 49.1 Å². The first-order valence-corrected chi connectivity index (χ1v) is 7.06. The van der Waals surface area contributed by atoms with Crippen molar-refractivity contribution in [3.05, 3.63) is 69.1 Å². The van der Waals surface area contributed by atoms with Crippen LogP contribution in [0.4, 0.5) is 0 Å². The van der Waals surface area contributed by atoms with Gasteiger partial charge in [0.25, 0.3) is 0 Å². The predicted octanol–water partition coefficient (Wildman–Crippen LogP) is 2.72. The molecule has 0 amide bonds. The monoisotopic (exact) mass is 281 g/mol. The summed E-state index contributed by atoms with van der Waals surface area (Å²) in [5.74, 6) is 0. The number of aryl methyl sites for hydroxylation is 2. The summed E-state index contributed by atoms with van der Waals surface area (Å²) >= 11 is 0. The quantitative estimate of drug-likeness (QED) is 0.690. The first-order chi connectivity index (χ1) is 10.0. The fraction of sp³-hybridized carbons (Fsp3) is 0.235. The van der Waals surface area contributed by atoms with Gasteiger partial charge in [0.05, 0.1) is 11.0 Å². The summed E-state index contributed by atoms with van der Waals surface area (Å²) in [6.45, 7) is 4.19. The van der Waals surface area contributed by atoms with E-state index in [-0.39, 0.29) is 11.7 Å². The molecule has 0 aliphatic rings. The fourth-order valence-corrected chi connectivity index (χ4v) is 2.66. The number of imidazole rings is 1. The molecule has 108 valence electrons. The van der Waals surface area contributed by atoms with Crippen molar-refractivity contribution in [1.82, 2.24) is 9.97 Å². The van der Waals surface area contributed by atoms with Gasteiger partial charge in [-0.1, -0.05) is 29.8 Å². The number of aromatic amines is 2. The predicted molar refractivity (Wildman–Crippen MR) is 85.5 cm³/mol. The molecule has 0 spiro atoms. The lowest BCUT2D eigenvalue weighted by atomic mass is 9.95. The molecule has 3 aromatic rings. The van der Waals surface area contributed by atoms with Crippen LogP contribution in [0.3, 0.4) is 0 Å². The molecule has 0 saturated carbocycles. The molecule has 1 unspecified atom stereocenters. The summed E-state index contributed by atoms with van der Waals surface area (Å²) in [7, 11) is 0. The molecule has 4 N–H and O–H groups in total. The summed E-state index contributed by atoms with van der Waals surface area (Å²) in [5.41, 5.74) is 12.6. The van der Waals surface area contributed by atoms with Crippen molar-refractivity contribution in [3.8, 4) is 0 Å². The zero-order chi connectivity index (χ0) is 15.0. The normalized spacial score (nSPS) is 12.7. The number of H-pyrrole nitrogens is 2. The Balaban J connectivity index is 1.90. The lowest BCUT2D eigenvalue weighted by Crippen LogP contribution is -2.14. The molecule has 4 heteroatoms. The average molecular weight is 281 g/mol. The Bertz CT molecular complexity index is 845. The Hall–Kier alpha value is -2.33. The standard InChI is InChI=1S/C17H19N3O/c1-10-3-4-11(2)13(7-10)8-14(18)12-5-6-15-16(9-12)20-17(21)19-15/h3-7,9,14H,8,18H2,1-2H3,(H2,19,20,21). The summed E-state index contributed by atoms with van der Waals surface area (Å²) < 4.78 is 0. The van der Waals surface area contributed by atoms with Gasteiger partial charge in [-0.2, -0.15) is 0 Å². The van der Waals surface area contributed by atoms with E-state index in [4.69, 9.17) is 5.73 Å². The van der Waals surface area contributed by atoms with Gasteiger partial charge in [-0.3, -0.25) is 0 Å². The molecule has 1 atom stereocenters. The molecular formula is C17H19N3O. The van der Waals surface area contributed by atoms with Crippen molar-refractivity contribution in [2.24, 2.45) is 5.73 Å². The van der Waals surface area contributed by atoms with Crippen molar-refractivity contribution in [2.75, 3.05) is 0 Å². The molecule has 1 aromatic heterocycles. The highest BCUT2D eigenvalue weighted by molar-refractivity contribution is 5.75. The third-order valence-corrected chi connectivity index (χ3v) is 3.91. The van der Waals surface area contributed by atoms with Crippen LogP contribution in [0, 0.1) is 13.8 Å². The first-order valence-electron chi connectivity index (χ1n) is 7.06. The number of hydrogen-bond acceptors (Lipinski definition) is 2. The minimum Gasteiger partial charge on any atom is -0.324 e. The van der Waals surface area contributed by atoms with Crippen LogP contribution in [0.2, 0.25) is 0 Å². The first kappa shape index (κ1) is 13.6. The van der Waals surface area contributed by atoms with Crippen LogP contribution in [-0.4, -0.2) is 9.97 Å². The van der Waals surface area contributed by atoms with Gasteiger partial charge in [-0.25, -0.2) is 4.79 Å². The number of aromatic nitrogens is 2. The minimum absolute atomic E-state index is 0.0895. The topological polar surface area (TPSA) is 74.7 Å². The van der Waals surface area contributed by atoms with Crippen molar-refractivity contribution < 1.29 is 0 Å². The van der Waals surface area contributed by atoms with Crippen LogP contribution >= 0.6 is 0 Å². The van der Waals surface area contributed by atoms with Crippen molar-refractivity contribution in [3.63, 3.8) is 0 Å². The number of nitrogens with two attached hydrogens (primary N) is 1. The van der Waals surface area contributed by atoms with Gasteiger partial charge in [0.2, 0.25) is 0 Å². The Labute approximate surface area is 123 Å². The summed E-state index contributed by atoms with van der Waals surface area (Å²) in [6, 6.07) is 12.2. The second-order valence-corrected chi connectivity index (χ2v) is 5.62. The molecule has 3 rings (SSSR count). The maximum atomic E-state index is 11.3. The van der Waals surface area contributed by atoms with E-state index < -0.39 is 0 Å². The van der Waals surface area contributed by atoms with Gasteiger partial charge < -0.3 is 15.7 Å². The zero-order valence-electron chi connectivity index (χ0n) is 12.2. The van der Waals surface area contributed by atoms with Gasteiger partial charge in [0.15, 0.2) is 0 Å². The Morgan fingerprint density at radius 2 is 1.81 bits per heavy atom. The van der Waals surface area contributed by atoms with E-state index in [2.05, 4.69) is 42.0 Å². The van der Waals surface area contributed by atoms with Crippen molar-refractivity contribution in [2.45, 2.75) is 26.3 Å². The molecule has 2 aromatic carbocycles. The second-order valence-electron chi connectivity index (χ2n) is 5.62. The van der Waals surface area contributed by atoms with Crippen LogP contribution in [0.25, 0.3) is 11.0 Å². The minimum atomic E-state index is -0.190. The maximum absolute atomic E-state index is 11.3. The molecule has 21 heavy (non-hydrogen) atoms. The van der Waals surface area contributed by atoms with E-state index in [0.29, 0.717) is 0 Å². The Morgan fingerprint density at radius 3 is 2.62 bits per heavy atom. The highest BCUT2D eigenvalue weighted by Crippen LogP contribution is 2.21. The fourth-order valence-electron chi connectivity index (χ4n) is 2.66. The van der Waals surface area contributed by atoms with Crippen LogP contribution in [-0.2, 0) is 6.42 Å². The van der Waals surface area contributed by atoms with E-state index in [1.54, 1.807) is 0 Å². The second kappa shape index (κ2) is 5.22. The van der Waals surface area contributed by atoms with Crippen LogP contribution in [0.1, 0.15) is 28.3 Å². The van der Waals surface area contributed by atoms with E-state index >= 15 is 0 Å². The number of benzene rings is 2. The van der Waals surface area contributed by atoms with Crippen LogP contribution in [0.15, 0.2) is 41.2 Å². The van der Waals surface area contributed by atoms with Gasteiger partial charge in [0.1, 0.15) is 0 Å². The van der Waals surface area contributed by atoms with E-state index in [1.165, 1.54) is 16.7 Å². The lowest BCUT2D eigenvalue weighted by Gasteiger charge is -2.14. The smallest absolute Gasteiger partial charge is 0.323 e. The van der Waals surface area contributed by atoms with Gasteiger partial charge in [-0.15, -0.1) is 0 Å². The van der Waals surface area contributed by atoms with Crippen LogP contribution in [0.5, 0.6) is 0 Å². The summed E-state index contributed by atoms with van der Waals surface area (Å²) in [4.78, 5) is 16.8. The molecule has 0 saturated heterocycles. The zero-order valence-corrected chi connectivity index (χ0v) is 12.2. The number of hydrogen-bond donors (Lipinski definition) is 3. The molecule has 0 aliphatic heterocycles. The number of nitrogens with one attached hydrogen (secondary N) is 2. The molecule has 1 heterocycles. The van der Waals surface area contributed by atoms with Crippen LogP contribution < -0.4 is 11.4 Å². The molecule has 0 fully saturated rings. The summed E-state index contributed by atoms with van der Waals surface area (Å²) in [5, 5.41) is 0. The highest BCUT2D eigenvalue weighted by Gasteiger charge is 2.10. The average Bonchev–Trinajstić information content (AvgIpc) is 2.81. The van der Waals surface area contributed by atoms with E-state index in [9.17, 15) is 4.79 Å². The molecule has 0 bridgehead atoms. The molecule has 0 aliphatic carbocycles.